The Morgan fingerprint density at radius 1 is 1.23 bits per heavy atom. The van der Waals surface area contributed by atoms with Crippen LogP contribution < -0.4 is 0 Å². The van der Waals surface area contributed by atoms with E-state index in [1.807, 2.05) is 13.2 Å². The molecule has 0 amide bonds. The Morgan fingerprint density at radius 2 is 1.85 bits per heavy atom. The van der Waals surface area contributed by atoms with Crippen LogP contribution in [0.2, 0.25) is 26.2 Å². The summed E-state index contributed by atoms with van der Waals surface area (Å²) in [7, 11) is -1.04. The summed E-state index contributed by atoms with van der Waals surface area (Å²) in [5, 5.41) is 1.41. The van der Waals surface area contributed by atoms with E-state index in [4.69, 9.17) is 4.43 Å². The van der Waals surface area contributed by atoms with E-state index < -0.39 is 15.4 Å². The minimum Gasteiger partial charge on any atom is -0.423 e. The van der Waals surface area contributed by atoms with Crippen LogP contribution in [0.3, 0.4) is 0 Å². The van der Waals surface area contributed by atoms with Gasteiger partial charge in [0.2, 0.25) is 0 Å². The van der Waals surface area contributed by atoms with Crippen molar-refractivity contribution in [2.24, 2.45) is 0 Å². The van der Waals surface area contributed by atoms with Crippen LogP contribution in [-0.2, 0) is 4.43 Å². The molecule has 0 radical (unpaired) electrons. The van der Waals surface area contributed by atoms with Crippen LogP contribution >= 0.6 is 0 Å². The van der Waals surface area contributed by atoms with Gasteiger partial charge in [-0.1, -0.05) is 25.2 Å². The number of hydrogen-bond donors (Lipinski definition) is 0. The Labute approximate surface area is 82.7 Å². The number of rotatable bonds is 3. The van der Waals surface area contributed by atoms with Crippen molar-refractivity contribution >= 4 is 15.4 Å². The summed E-state index contributed by atoms with van der Waals surface area (Å²) in [6, 6.07) is 0. The molecule has 0 saturated heterocycles. The van der Waals surface area contributed by atoms with E-state index in [1.165, 1.54) is 5.20 Å². The SMILES string of the molecule is CO[Si](C)(C)[Si](C)(C)C1=C=CC=C1. The molecule has 0 unspecified atom stereocenters. The van der Waals surface area contributed by atoms with E-state index in [0.29, 0.717) is 0 Å². The van der Waals surface area contributed by atoms with Crippen molar-refractivity contribution in [2.75, 3.05) is 7.11 Å². The summed E-state index contributed by atoms with van der Waals surface area (Å²) >= 11 is 0. The Kier molecular flexibility index (Phi) is 2.83. The quantitative estimate of drug-likeness (QED) is 0.514. The first-order chi connectivity index (χ1) is 5.92. The molecule has 0 bridgehead atoms. The first-order valence-electron chi connectivity index (χ1n) is 4.61. The third kappa shape index (κ3) is 1.79. The summed E-state index contributed by atoms with van der Waals surface area (Å²) in [4.78, 5) is 0. The smallest absolute Gasteiger partial charge is 0.179 e. The van der Waals surface area contributed by atoms with Crippen molar-refractivity contribution in [3.8, 4) is 0 Å². The second-order valence-electron chi connectivity index (χ2n) is 4.42. The molecule has 0 aromatic heterocycles. The fraction of sp³-hybridized carbons (Fsp3) is 0.500. The highest BCUT2D eigenvalue weighted by molar-refractivity contribution is 7.41. The number of hydrogen-bond acceptors (Lipinski definition) is 1. The zero-order chi connectivity index (χ0) is 10.1. The molecule has 0 aliphatic heterocycles. The highest BCUT2D eigenvalue weighted by Gasteiger charge is 2.44. The standard InChI is InChI=1S/C10H18OSi2/c1-11-13(4,5)12(2,3)10-8-6-7-9-10/h6-8H,1-5H3. The van der Waals surface area contributed by atoms with Crippen molar-refractivity contribution in [2.45, 2.75) is 26.2 Å². The van der Waals surface area contributed by atoms with Gasteiger partial charge in [0, 0.05) is 7.11 Å². The Balaban J connectivity index is 3.01. The predicted octanol–water partition coefficient (Wildman–Crippen LogP) is 2.82. The van der Waals surface area contributed by atoms with Crippen molar-refractivity contribution in [1.82, 2.24) is 0 Å². The van der Waals surface area contributed by atoms with E-state index in [2.05, 4.69) is 44.1 Å². The van der Waals surface area contributed by atoms with Gasteiger partial charge in [-0.3, -0.25) is 0 Å². The maximum Gasteiger partial charge on any atom is 0.179 e. The molecule has 0 fully saturated rings. The molecule has 1 aliphatic rings. The molecule has 1 aliphatic carbocycles. The average molecular weight is 210 g/mol. The Morgan fingerprint density at radius 3 is 2.23 bits per heavy atom. The topological polar surface area (TPSA) is 9.23 Å². The van der Waals surface area contributed by atoms with E-state index in [0.717, 1.165) is 0 Å². The zero-order valence-electron chi connectivity index (χ0n) is 9.14. The van der Waals surface area contributed by atoms with Gasteiger partial charge in [0.25, 0.3) is 0 Å². The van der Waals surface area contributed by atoms with Crippen LogP contribution in [0.1, 0.15) is 0 Å². The Bertz CT molecular complexity index is 294. The van der Waals surface area contributed by atoms with E-state index in [1.54, 1.807) is 0 Å². The lowest BCUT2D eigenvalue weighted by molar-refractivity contribution is 0.419. The first-order valence-corrected chi connectivity index (χ1v) is 11.5. The molecular weight excluding hydrogens is 192 g/mol. The largest absolute Gasteiger partial charge is 0.423 e. The molecule has 0 heterocycles. The van der Waals surface area contributed by atoms with Crippen LogP contribution in [0.15, 0.2) is 29.2 Å². The highest BCUT2D eigenvalue weighted by Crippen LogP contribution is 2.28. The molecular formula is C10H18OSi2. The van der Waals surface area contributed by atoms with Crippen molar-refractivity contribution in [3.05, 3.63) is 29.2 Å². The molecule has 0 atom stereocenters. The molecule has 0 aromatic carbocycles. The van der Waals surface area contributed by atoms with Crippen LogP contribution in [0.5, 0.6) is 0 Å². The molecule has 0 spiro atoms. The molecule has 72 valence electrons. The minimum absolute atomic E-state index is 1.39. The molecule has 1 nitrogen and oxygen atoms in total. The lowest BCUT2D eigenvalue weighted by Gasteiger charge is -2.36. The summed E-state index contributed by atoms with van der Waals surface area (Å²) in [6.07, 6.45) is 6.27. The second kappa shape index (κ2) is 3.42. The van der Waals surface area contributed by atoms with Crippen molar-refractivity contribution < 1.29 is 4.43 Å². The molecule has 0 aromatic rings. The predicted molar refractivity (Wildman–Crippen MR) is 62.7 cm³/mol. The van der Waals surface area contributed by atoms with Gasteiger partial charge >= 0.3 is 0 Å². The minimum atomic E-state index is -1.50. The van der Waals surface area contributed by atoms with Gasteiger partial charge in [0.1, 0.15) is 7.59 Å². The normalized spacial score (nSPS) is 16.5. The highest BCUT2D eigenvalue weighted by atomic mass is 29.3. The molecule has 0 N–H and O–H groups in total. The third-order valence-corrected chi connectivity index (χ3v) is 19.4. The lowest BCUT2D eigenvalue weighted by atomic mass is 10.6. The van der Waals surface area contributed by atoms with E-state index in [9.17, 15) is 0 Å². The van der Waals surface area contributed by atoms with Gasteiger partial charge < -0.3 is 4.43 Å². The lowest BCUT2D eigenvalue weighted by Crippen LogP contribution is -2.57. The summed E-state index contributed by atoms with van der Waals surface area (Å²) < 4.78 is 5.71. The van der Waals surface area contributed by atoms with Gasteiger partial charge in [0.05, 0.1) is 0 Å². The van der Waals surface area contributed by atoms with Gasteiger partial charge in [-0.25, -0.2) is 0 Å². The molecule has 13 heavy (non-hydrogen) atoms. The van der Waals surface area contributed by atoms with Crippen LogP contribution in [0.4, 0.5) is 0 Å². The monoisotopic (exact) mass is 210 g/mol. The fourth-order valence-electron chi connectivity index (χ4n) is 1.30. The van der Waals surface area contributed by atoms with Crippen LogP contribution in [-0.4, -0.2) is 22.5 Å². The molecule has 3 heteroatoms. The first kappa shape index (κ1) is 10.7. The van der Waals surface area contributed by atoms with Crippen molar-refractivity contribution in [3.63, 3.8) is 0 Å². The summed E-state index contributed by atoms with van der Waals surface area (Å²) in [6.45, 7) is 9.38. The second-order valence-corrected chi connectivity index (χ2v) is 19.0. The third-order valence-electron chi connectivity index (χ3n) is 3.29. The van der Waals surface area contributed by atoms with E-state index >= 15 is 0 Å². The van der Waals surface area contributed by atoms with Gasteiger partial charge in [0.15, 0.2) is 7.83 Å². The van der Waals surface area contributed by atoms with Crippen LogP contribution in [0.25, 0.3) is 0 Å². The van der Waals surface area contributed by atoms with Gasteiger partial charge in [-0.15, -0.1) is 5.73 Å². The van der Waals surface area contributed by atoms with E-state index in [-0.39, 0.29) is 0 Å². The van der Waals surface area contributed by atoms with Crippen LogP contribution in [0, 0.1) is 0 Å². The Hall–Kier alpha value is -0.346. The molecule has 1 rings (SSSR count). The summed E-state index contributed by atoms with van der Waals surface area (Å²) in [5.41, 5.74) is 3.33. The van der Waals surface area contributed by atoms with Gasteiger partial charge in [-0.05, 0) is 24.4 Å². The van der Waals surface area contributed by atoms with Crippen molar-refractivity contribution in [1.29, 1.82) is 0 Å². The maximum atomic E-state index is 5.71. The maximum absolute atomic E-state index is 5.71. The fourth-order valence-corrected chi connectivity index (χ4v) is 7.36. The molecule has 0 saturated carbocycles. The summed E-state index contributed by atoms with van der Waals surface area (Å²) in [5.74, 6) is 0. The zero-order valence-corrected chi connectivity index (χ0v) is 11.1. The van der Waals surface area contributed by atoms with Gasteiger partial charge in [-0.2, -0.15) is 0 Å². The number of allylic oxidation sites excluding steroid dienone is 3. The average Bonchev–Trinajstić information content (AvgIpc) is 2.56.